The first kappa shape index (κ1) is 18.1. The van der Waals surface area contributed by atoms with Crippen molar-refractivity contribution in [2.75, 3.05) is 6.61 Å². The molecule has 0 saturated heterocycles. The van der Waals surface area contributed by atoms with Crippen LogP contribution in [0.15, 0.2) is 29.2 Å². The molecule has 0 aliphatic carbocycles. The van der Waals surface area contributed by atoms with E-state index in [0.29, 0.717) is 12.8 Å². The zero-order valence-corrected chi connectivity index (χ0v) is 14.4. The van der Waals surface area contributed by atoms with Crippen molar-refractivity contribution in [2.24, 2.45) is 0 Å². The molecule has 0 spiro atoms. The molecular weight excluding hydrogens is 286 g/mol. The number of rotatable bonds is 6. The van der Waals surface area contributed by atoms with Crippen LogP contribution in [-0.2, 0) is 15.4 Å². The molecular formula is C16H27NO3S. The molecule has 0 fully saturated rings. The lowest BCUT2D eigenvalue weighted by Gasteiger charge is -2.30. The maximum atomic E-state index is 12.5. The molecule has 120 valence electrons. The Bertz CT molecular complexity index is 544. The molecule has 5 heteroatoms. The fourth-order valence-electron chi connectivity index (χ4n) is 2.13. The minimum Gasteiger partial charge on any atom is -0.394 e. The lowest BCUT2D eigenvalue weighted by atomic mass is 9.87. The Kier molecular flexibility index (Phi) is 5.58. The van der Waals surface area contributed by atoms with Crippen molar-refractivity contribution < 1.29 is 13.5 Å². The highest BCUT2D eigenvalue weighted by Crippen LogP contribution is 2.24. The summed E-state index contributed by atoms with van der Waals surface area (Å²) in [6, 6.07) is 6.92. The van der Waals surface area contributed by atoms with E-state index in [4.69, 9.17) is 0 Å². The fourth-order valence-corrected chi connectivity index (χ4v) is 3.66. The number of sulfonamides is 1. The molecule has 1 aromatic rings. The van der Waals surface area contributed by atoms with Crippen LogP contribution in [0, 0.1) is 0 Å². The van der Waals surface area contributed by atoms with E-state index in [0.717, 1.165) is 5.56 Å². The smallest absolute Gasteiger partial charge is 0.241 e. The van der Waals surface area contributed by atoms with E-state index < -0.39 is 15.6 Å². The van der Waals surface area contributed by atoms with Gasteiger partial charge in [-0.3, -0.25) is 0 Å². The van der Waals surface area contributed by atoms with E-state index in [2.05, 4.69) is 25.5 Å². The van der Waals surface area contributed by atoms with Crippen molar-refractivity contribution in [2.45, 2.75) is 63.3 Å². The number of hydrogen-bond donors (Lipinski definition) is 2. The molecule has 0 saturated carbocycles. The molecule has 0 unspecified atom stereocenters. The SMILES string of the molecule is CCC(CC)(CO)NS(=O)(=O)c1ccc(C(C)(C)C)cc1. The summed E-state index contributed by atoms with van der Waals surface area (Å²) in [5.74, 6) is 0. The minimum absolute atomic E-state index is 0.0165. The van der Waals surface area contributed by atoms with Crippen molar-refractivity contribution in [1.82, 2.24) is 4.72 Å². The quantitative estimate of drug-likeness (QED) is 0.848. The Labute approximate surface area is 128 Å². The van der Waals surface area contributed by atoms with Gasteiger partial charge in [-0.1, -0.05) is 46.8 Å². The number of aliphatic hydroxyl groups excluding tert-OH is 1. The zero-order chi connectivity index (χ0) is 16.3. The monoisotopic (exact) mass is 313 g/mol. The second-order valence-electron chi connectivity index (χ2n) is 6.53. The van der Waals surface area contributed by atoms with Gasteiger partial charge in [-0.15, -0.1) is 0 Å². The van der Waals surface area contributed by atoms with Crippen LogP contribution in [0.1, 0.15) is 53.0 Å². The first-order valence-corrected chi connectivity index (χ1v) is 8.84. The summed E-state index contributed by atoms with van der Waals surface area (Å²) in [5, 5.41) is 9.51. The molecule has 0 amide bonds. The van der Waals surface area contributed by atoms with Crippen molar-refractivity contribution in [1.29, 1.82) is 0 Å². The van der Waals surface area contributed by atoms with Crippen LogP contribution in [0.25, 0.3) is 0 Å². The van der Waals surface area contributed by atoms with Gasteiger partial charge in [-0.2, -0.15) is 0 Å². The Morgan fingerprint density at radius 2 is 1.52 bits per heavy atom. The second-order valence-corrected chi connectivity index (χ2v) is 8.21. The van der Waals surface area contributed by atoms with E-state index in [1.54, 1.807) is 12.1 Å². The largest absolute Gasteiger partial charge is 0.394 e. The standard InChI is InChI=1S/C16H27NO3S/c1-6-16(7-2,12-18)17-21(19,20)14-10-8-13(9-11-14)15(3,4)5/h8-11,17-18H,6-7,12H2,1-5H3. The van der Waals surface area contributed by atoms with E-state index >= 15 is 0 Å². The summed E-state index contributed by atoms with van der Waals surface area (Å²) in [4.78, 5) is 0.232. The highest BCUT2D eigenvalue weighted by Gasteiger charge is 2.31. The molecule has 0 aliphatic heterocycles. The lowest BCUT2D eigenvalue weighted by molar-refractivity contribution is 0.172. The molecule has 1 aromatic carbocycles. The third-order valence-electron chi connectivity index (χ3n) is 4.04. The van der Waals surface area contributed by atoms with E-state index in [-0.39, 0.29) is 16.9 Å². The molecule has 0 aromatic heterocycles. The predicted molar refractivity (Wildman–Crippen MR) is 85.9 cm³/mol. The molecule has 21 heavy (non-hydrogen) atoms. The molecule has 0 radical (unpaired) electrons. The molecule has 2 N–H and O–H groups in total. The number of aliphatic hydroxyl groups is 1. The Balaban J connectivity index is 3.09. The normalized spacial score (nSPS) is 13.4. The summed E-state index contributed by atoms with van der Waals surface area (Å²) in [6.45, 7) is 9.77. The van der Waals surface area contributed by atoms with Crippen molar-refractivity contribution >= 4 is 10.0 Å². The van der Waals surface area contributed by atoms with Crippen molar-refractivity contribution in [3.05, 3.63) is 29.8 Å². The second kappa shape index (κ2) is 6.46. The third-order valence-corrected chi connectivity index (χ3v) is 5.63. The minimum atomic E-state index is -3.63. The Morgan fingerprint density at radius 3 is 1.86 bits per heavy atom. The molecule has 0 aliphatic rings. The molecule has 4 nitrogen and oxygen atoms in total. The van der Waals surface area contributed by atoms with Gasteiger partial charge in [0.1, 0.15) is 0 Å². The maximum absolute atomic E-state index is 12.5. The molecule has 0 heterocycles. The maximum Gasteiger partial charge on any atom is 0.241 e. The number of hydrogen-bond acceptors (Lipinski definition) is 3. The highest BCUT2D eigenvalue weighted by molar-refractivity contribution is 7.89. The van der Waals surface area contributed by atoms with Gasteiger partial charge < -0.3 is 5.11 Å². The van der Waals surface area contributed by atoms with Crippen LogP contribution in [0.2, 0.25) is 0 Å². The Morgan fingerprint density at radius 1 is 1.05 bits per heavy atom. The van der Waals surface area contributed by atoms with E-state index in [1.165, 1.54) is 0 Å². The van der Waals surface area contributed by atoms with Gasteiger partial charge in [0.25, 0.3) is 0 Å². The summed E-state index contributed by atoms with van der Waals surface area (Å²) in [5.41, 5.74) is 0.278. The van der Waals surface area contributed by atoms with Gasteiger partial charge in [-0.05, 0) is 36.0 Å². The summed E-state index contributed by atoms with van der Waals surface area (Å²) < 4.78 is 27.6. The van der Waals surface area contributed by atoms with Gasteiger partial charge >= 0.3 is 0 Å². The number of nitrogens with one attached hydrogen (secondary N) is 1. The topological polar surface area (TPSA) is 66.4 Å². The van der Waals surface area contributed by atoms with Crippen LogP contribution in [-0.4, -0.2) is 25.7 Å². The average Bonchev–Trinajstić information content (AvgIpc) is 2.44. The Hall–Kier alpha value is -0.910. The van der Waals surface area contributed by atoms with Gasteiger partial charge in [-0.25, -0.2) is 13.1 Å². The van der Waals surface area contributed by atoms with Crippen LogP contribution in [0.4, 0.5) is 0 Å². The summed E-state index contributed by atoms with van der Waals surface area (Å²) in [6.07, 6.45) is 1.08. The molecule has 0 bridgehead atoms. The van der Waals surface area contributed by atoms with Gasteiger partial charge in [0.2, 0.25) is 10.0 Å². The fraction of sp³-hybridized carbons (Fsp3) is 0.625. The van der Waals surface area contributed by atoms with E-state index in [1.807, 2.05) is 26.0 Å². The van der Waals surface area contributed by atoms with E-state index in [9.17, 15) is 13.5 Å². The first-order valence-electron chi connectivity index (χ1n) is 7.35. The summed E-state index contributed by atoms with van der Waals surface area (Å²) in [7, 11) is -3.63. The van der Waals surface area contributed by atoms with Gasteiger partial charge in [0.15, 0.2) is 0 Å². The van der Waals surface area contributed by atoms with Crippen molar-refractivity contribution in [3.8, 4) is 0 Å². The average molecular weight is 313 g/mol. The molecule has 1 rings (SSSR count). The van der Waals surface area contributed by atoms with Gasteiger partial charge in [0.05, 0.1) is 17.0 Å². The van der Waals surface area contributed by atoms with Crippen molar-refractivity contribution in [3.63, 3.8) is 0 Å². The van der Waals surface area contributed by atoms with Crippen LogP contribution in [0.5, 0.6) is 0 Å². The first-order chi connectivity index (χ1) is 9.60. The van der Waals surface area contributed by atoms with Crippen LogP contribution < -0.4 is 4.72 Å². The lowest BCUT2D eigenvalue weighted by Crippen LogP contribution is -2.50. The predicted octanol–water partition coefficient (Wildman–Crippen LogP) is 2.81. The molecule has 0 atom stereocenters. The summed E-state index contributed by atoms with van der Waals surface area (Å²) >= 11 is 0. The van der Waals surface area contributed by atoms with Crippen LogP contribution >= 0.6 is 0 Å². The van der Waals surface area contributed by atoms with Gasteiger partial charge in [0, 0.05) is 0 Å². The van der Waals surface area contributed by atoms with Crippen LogP contribution in [0.3, 0.4) is 0 Å². The zero-order valence-electron chi connectivity index (χ0n) is 13.6. The number of benzene rings is 1. The third kappa shape index (κ3) is 4.28. The highest BCUT2D eigenvalue weighted by atomic mass is 32.2.